The maximum Gasteiger partial charge on any atom is 0.229 e. The second-order valence-electron chi connectivity index (χ2n) is 4.95. The van der Waals surface area contributed by atoms with Crippen LogP contribution in [0.3, 0.4) is 0 Å². The molecule has 0 aliphatic rings. The zero-order chi connectivity index (χ0) is 15.5. The van der Waals surface area contributed by atoms with E-state index in [1.54, 1.807) is 12.3 Å². The van der Waals surface area contributed by atoms with E-state index in [0.717, 1.165) is 22.7 Å². The van der Waals surface area contributed by atoms with Crippen molar-refractivity contribution >= 4 is 26.6 Å². The van der Waals surface area contributed by atoms with Crippen LogP contribution in [0.5, 0.6) is 0 Å². The van der Waals surface area contributed by atoms with Gasteiger partial charge in [0.1, 0.15) is 0 Å². The van der Waals surface area contributed by atoms with E-state index in [4.69, 9.17) is 0 Å². The molecule has 112 valence electrons. The monoisotopic (exact) mass is 305 g/mol. The van der Waals surface area contributed by atoms with E-state index in [0.29, 0.717) is 12.2 Å². The molecule has 0 saturated heterocycles. The third kappa shape index (κ3) is 4.13. The van der Waals surface area contributed by atoms with E-state index < -0.39 is 10.0 Å². The number of rotatable bonds is 6. The molecule has 1 aromatic carbocycles. The topological polar surface area (TPSA) is 63.1 Å². The molecule has 0 aliphatic carbocycles. The maximum absolute atomic E-state index is 11.3. The number of sulfonamides is 1. The number of allylic oxidation sites excluding steroid dienone is 1. The van der Waals surface area contributed by atoms with Gasteiger partial charge in [0.25, 0.3) is 0 Å². The molecule has 0 fully saturated rings. The van der Waals surface area contributed by atoms with E-state index in [9.17, 15) is 8.42 Å². The summed E-state index contributed by atoms with van der Waals surface area (Å²) in [7, 11) is -3.27. The average molecular weight is 305 g/mol. The lowest BCUT2D eigenvalue weighted by molar-refractivity contribution is 0.607. The van der Waals surface area contributed by atoms with Crippen LogP contribution in [0.2, 0.25) is 0 Å². The first-order valence-electron chi connectivity index (χ1n) is 6.48. The van der Waals surface area contributed by atoms with Crippen LogP contribution in [0.25, 0.3) is 10.9 Å². The number of benzene rings is 1. The molecule has 0 saturated carbocycles. The standard InChI is InChI=1S/C15H19N3O2S/c1-4-16-10-12(2)11-18-8-7-13-5-6-14(9-15(13)18)17-21(3,19)20/h4-10,16-17H,1,11H2,2-3H3/b12-10+. The number of fused-ring (bicyclic) bond motifs is 1. The molecular weight excluding hydrogens is 286 g/mol. The molecule has 0 amide bonds. The molecule has 6 heteroatoms. The first kappa shape index (κ1) is 15.2. The van der Waals surface area contributed by atoms with E-state index in [-0.39, 0.29) is 0 Å². The molecule has 1 heterocycles. The van der Waals surface area contributed by atoms with Gasteiger partial charge in [0.2, 0.25) is 10.0 Å². The first-order chi connectivity index (χ1) is 9.89. The highest BCUT2D eigenvalue weighted by atomic mass is 32.2. The fourth-order valence-corrected chi connectivity index (χ4v) is 2.67. The number of hydrogen-bond acceptors (Lipinski definition) is 3. The van der Waals surface area contributed by atoms with Crippen molar-refractivity contribution < 1.29 is 8.42 Å². The maximum atomic E-state index is 11.3. The minimum absolute atomic E-state index is 0.566. The van der Waals surface area contributed by atoms with E-state index in [1.807, 2.05) is 37.5 Å². The summed E-state index contributed by atoms with van der Waals surface area (Å²) in [6, 6.07) is 7.51. The highest BCUT2D eigenvalue weighted by Crippen LogP contribution is 2.22. The van der Waals surface area contributed by atoms with E-state index in [1.165, 1.54) is 0 Å². The number of hydrogen-bond donors (Lipinski definition) is 2. The van der Waals surface area contributed by atoms with Crippen LogP contribution >= 0.6 is 0 Å². The SMILES string of the molecule is C=CN/C=C(\C)Cn1ccc2ccc(NS(C)(=O)=O)cc21. The van der Waals surface area contributed by atoms with Gasteiger partial charge in [0, 0.05) is 18.9 Å². The fraction of sp³-hybridized carbons (Fsp3) is 0.200. The molecule has 1 aromatic heterocycles. The molecule has 21 heavy (non-hydrogen) atoms. The summed E-state index contributed by atoms with van der Waals surface area (Å²) < 4.78 is 27.2. The second-order valence-corrected chi connectivity index (χ2v) is 6.70. The van der Waals surface area contributed by atoms with Gasteiger partial charge >= 0.3 is 0 Å². The van der Waals surface area contributed by atoms with Gasteiger partial charge < -0.3 is 9.88 Å². The zero-order valence-electron chi connectivity index (χ0n) is 12.1. The minimum Gasteiger partial charge on any atom is -0.368 e. The van der Waals surface area contributed by atoms with Crippen LogP contribution in [0.4, 0.5) is 5.69 Å². The zero-order valence-corrected chi connectivity index (χ0v) is 12.9. The largest absolute Gasteiger partial charge is 0.368 e. The van der Waals surface area contributed by atoms with Crippen molar-refractivity contribution in [1.82, 2.24) is 9.88 Å². The third-order valence-corrected chi connectivity index (χ3v) is 3.55. The van der Waals surface area contributed by atoms with Crippen molar-refractivity contribution in [3.05, 3.63) is 55.0 Å². The Morgan fingerprint density at radius 1 is 1.38 bits per heavy atom. The predicted molar refractivity (Wildman–Crippen MR) is 87.5 cm³/mol. The van der Waals surface area contributed by atoms with Crippen molar-refractivity contribution in [2.45, 2.75) is 13.5 Å². The lowest BCUT2D eigenvalue weighted by Gasteiger charge is -2.08. The third-order valence-electron chi connectivity index (χ3n) is 2.94. The van der Waals surface area contributed by atoms with Gasteiger partial charge in [-0.25, -0.2) is 8.42 Å². The summed E-state index contributed by atoms with van der Waals surface area (Å²) in [5.41, 5.74) is 2.68. The molecule has 2 N–H and O–H groups in total. The molecule has 2 aromatic rings. The van der Waals surface area contributed by atoms with Gasteiger partial charge in [-0.3, -0.25) is 4.72 Å². The van der Waals surface area contributed by atoms with Gasteiger partial charge in [-0.05, 0) is 42.3 Å². The number of nitrogens with one attached hydrogen (secondary N) is 2. The van der Waals surface area contributed by atoms with Crippen molar-refractivity contribution in [2.75, 3.05) is 11.0 Å². The summed E-state index contributed by atoms with van der Waals surface area (Å²) in [5.74, 6) is 0. The van der Waals surface area contributed by atoms with Crippen LogP contribution in [0.1, 0.15) is 6.92 Å². The van der Waals surface area contributed by atoms with E-state index >= 15 is 0 Å². The molecule has 0 spiro atoms. The van der Waals surface area contributed by atoms with Gasteiger partial charge in [0.05, 0.1) is 17.5 Å². The van der Waals surface area contributed by atoms with Crippen LogP contribution in [0, 0.1) is 0 Å². The smallest absolute Gasteiger partial charge is 0.229 e. The molecule has 0 unspecified atom stereocenters. The summed E-state index contributed by atoms with van der Waals surface area (Å²) in [6.45, 7) is 6.33. The molecule has 5 nitrogen and oxygen atoms in total. The Balaban J connectivity index is 2.33. The van der Waals surface area contributed by atoms with Gasteiger partial charge in [-0.15, -0.1) is 0 Å². The quantitative estimate of drug-likeness (QED) is 0.862. The molecular formula is C15H19N3O2S. The highest BCUT2D eigenvalue weighted by molar-refractivity contribution is 7.92. The Kier molecular flexibility index (Phi) is 4.37. The normalized spacial score (nSPS) is 12.4. The predicted octanol–water partition coefficient (Wildman–Crippen LogP) is 2.65. The van der Waals surface area contributed by atoms with Crippen LogP contribution in [-0.2, 0) is 16.6 Å². The van der Waals surface area contributed by atoms with Crippen LogP contribution in [0.15, 0.2) is 55.0 Å². The Hall–Kier alpha value is -2.21. The lowest BCUT2D eigenvalue weighted by Crippen LogP contribution is -2.09. The summed E-state index contributed by atoms with van der Waals surface area (Å²) >= 11 is 0. The van der Waals surface area contributed by atoms with Gasteiger partial charge in [0.15, 0.2) is 0 Å². The summed E-state index contributed by atoms with van der Waals surface area (Å²) in [6.07, 6.45) is 6.63. The minimum atomic E-state index is -3.27. The van der Waals surface area contributed by atoms with Gasteiger partial charge in [-0.1, -0.05) is 12.6 Å². The molecule has 0 atom stereocenters. The molecule has 0 bridgehead atoms. The van der Waals surface area contributed by atoms with Crippen molar-refractivity contribution in [3.8, 4) is 0 Å². The second kappa shape index (κ2) is 6.05. The van der Waals surface area contributed by atoms with Crippen LogP contribution in [-0.4, -0.2) is 19.2 Å². The summed E-state index contributed by atoms with van der Waals surface area (Å²) in [5, 5.41) is 4.02. The Morgan fingerprint density at radius 2 is 2.14 bits per heavy atom. The van der Waals surface area contributed by atoms with Crippen LogP contribution < -0.4 is 10.0 Å². The average Bonchev–Trinajstić information content (AvgIpc) is 2.77. The highest BCUT2D eigenvalue weighted by Gasteiger charge is 2.06. The number of nitrogens with zero attached hydrogens (tertiary/aromatic N) is 1. The van der Waals surface area contributed by atoms with Crippen molar-refractivity contribution in [3.63, 3.8) is 0 Å². The first-order valence-corrected chi connectivity index (χ1v) is 8.37. The number of aromatic nitrogens is 1. The summed E-state index contributed by atoms with van der Waals surface area (Å²) in [4.78, 5) is 0. The molecule has 0 aliphatic heterocycles. The van der Waals surface area contributed by atoms with Gasteiger partial charge in [-0.2, -0.15) is 0 Å². The Morgan fingerprint density at radius 3 is 2.81 bits per heavy atom. The lowest BCUT2D eigenvalue weighted by atomic mass is 10.2. The Bertz CT molecular complexity index is 788. The van der Waals surface area contributed by atoms with Crippen molar-refractivity contribution in [2.24, 2.45) is 0 Å². The fourth-order valence-electron chi connectivity index (χ4n) is 2.11. The number of anilines is 1. The van der Waals surface area contributed by atoms with E-state index in [2.05, 4.69) is 21.2 Å². The Labute approximate surface area is 125 Å². The molecule has 2 rings (SSSR count). The van der Waals surface area contributed by atoms with Crippen molar-refractivity contribution in [1.29, 1.82) is 0 Å². The molecule has 0 radical (unpaired) electrons.